The Hall–Kier alpha value is -2.08. The summed E-state index contributed by atoms with van der Waals surface area (Å²) in [5, 5.41) is 0.276. The summed E-state index contributed by atoms with van der Waals surface area (Å²) in [7, 11) is 1.47. The molecular weight excluding hydrogens is 273 g/mol. The fourth-order valence-electron chi connectivity index (χ4n) is 1.73. The largest absolute Gasteiger partial charge is 0.393 e. The van der Waals surface area contributed by atoms with Gasteiger partial charge in [-0.15, -0.1) is 0 Å². The number of aryl methyl sites for hydroxylation is 1. The molecule has 0 saturated carbocycles. The standard InChI is InChI=1S/C12H11ClFN3O2/c1-16-6-10(15)11(18)17(12(16)19)5-7-4-8(14)2-3-9(7)13/h2-4,6H,5,15H2,1H3. The Balaban J connectivity index is 2.59. The number of hydrogen-bond donors (Lipinski definition) is 1. The van der Waals surface area contributed by atoms with Gasteiger partial charge < -0.3 is 10.3 Å². The van der Waals surface area contributed by atoms with Crippen LogP contribution in [0.1, 0.15) is 5.56 Å². The van der Waals surface area contributed by atoms with Crippen molar-refractivity contribution in [3.63, 3.8) is 0 Å². The van der Waals surface area contributed by atoms with Gasteiger partial charge >= 0.3 is 5.69 Å². The zero-order valence-corrected chi connectivity index (χ0v) is 10.8. The molecule has 0 aliphatic heterocycles. The second kappa shape index (κ2) is 4.89. The Kier molecular flexibility index (Phi) is 3.44. The van der Waals surface area contributed by atoms with Gasteiger partial charge in [-0.1, -0.05) is 11.6 Å². The average Bonchev–Trinajstić information content (AvgIpc) is 2.36. The van der Waals surface area contributed by atoms with Crippen molar-refractivity contribution in [2.24, 2.45) is 7.05 Å². The van der Waals surface area contributed by atoms with Crippen LogP contribution < -0.4 is 17.0 Å². The Morgan fingerprint density at radius 3 is 2.74 bits per heavy atom. The number of nitrogens with zero attached hydrogens (tertiary/aromatic N) is 2. The number of benzene rings is 1. The van der Waals surface area contributed by atoms with Crippen molar-refractivity contribution >= 4 is 17.3 Å². The van der Waals surface area contributed by atoms with Crippen molar-refractivity contribution in [3.05, 3.63) is 61.6 Å². The quantitative estimate of drug-likeness (QED) is 0.893. The SMILES string of the molecule is Cn1cc(N)c(=O)n(Cc2cc(F)ccc2Cl)c1=O. The van der Waals surface area contributed by atoms with E-state index in [1.165, 1.54) is 36.0 Å². The summed E-state index contributed by atoms with van der Waals surface area (Å²) in [6, 6.07) is 3.75. The van der Waals surface area contributed by atoms with Crippen molar-refractivity contribution in [3.8, 4) is 0 Å². The lowest BCUT2D eigenvalue weighted by Gasteiger charge is -2.09. The highest BCUT2D eigenvalue weighted by Crippen LogP contribution is 2.17. The normalized spacial score (nSPS) is 10.7. The number of nitrogens with two attached hydrogens (primary N) is 1. The number of rotatable bonds is 2. The number of aromatic nitrogens is 2. The maximum absolute atomic E-state index is 13.2. The van der Waals surface area contributed by atoms with Gasteiger partial charge in [0.05, 0.1) is 6.54 Å². The molecule has 19 heavy (non-hydrogen) atoms. The molecular formula is C12H11ClFN3O2. The zero-order valence-electron chi connectivity index (χ0n) is 10.1. The molecule has 100 valence electrons. The molecule has 0 spiro atoms. The zero-order chi connectivity index (χ0) is 14.2. The number of nitrogen functional groups attached to an aromatic ring is 1. The Bertz CT molecular complexity index is 717. The van der Waals surface area contributed by atoms with Gasteiger partial charge in [0.15, 0.2) is 0 Å². The fourth-order valence-corrected chi connectivity index (χ4v) is 1.90. The molecule has 0 saturated heterocycles. The maximum atomic E-state index is 13.2. The van der Waals surface area contributed by atoms with Crippen LogP contribution in [0, 0.1) is 5.82 Å². The number of halogens is 2. The van der Waals surface area contributed by atoms with E-state index in [9.17, 15) is 14.0 Å². The molecule has 0 radical (unpaired) electrons. The second-order valence-corrected chi connectivity index (χ2v) is 4.51. The van der Waals surface area contributed by atoms with Crippen LogP contribution in [-0.2, 0) is 13.6 Å². The highest BCUT2D eigenvalue weighted by Gasteiger charge is 2.10. The molecule has 2 aromatic rings. The third-order valence-corrected chi connectivity index (χ3v) is 3.06. The Labute approximate surface area is 112 Å². The first-order chi connectivity index (χ1) is 8.90. The van der Waals surface area contributed by atoms with Gasteiger partial charge in [-0.2, -0.15) is 0 Å². The summed E-state index contributed by atoms with van der Waals surface area (Å²) in [4.78, 5) is 23.7. The van der Waals surface area contributed by atoms with Gasteiger partial charge in [0.2, 0.25) is 0 Å². The van der Waals surface area contributed by atoms with Crippen molar-refractivity contribution in [2.45, 2.75) is 6.54 Å². The van der Waals surface area contributed by atoms with Gasteiger partial charge in [-0.3, -0.25) is 9.36 Å². The molecule has 2 N–H and O–H groups in total. The number of anilines is 1. The third-order valence-electron chi connectivity index (χ3n) is 2.69. The highest BCUT2D eigenvalue weighted by molar-refractivity contribution is 6.31. The van der Waals surface area contributed by atoms with E-state index < -0.39 is 17.1 Å². The molecule has 0 unspecified atom stereocenters. The van der Waals surface area contributed by atoms with Crippen LogP contribution in [0.25, 0.3) is 0 Å². The van der Waals surface area contributed by atoms with Crippen LogP contribution in [0.5, 0.6) is 0 Å². The first-order valence-electron chi connectivity index (χ1n) is 5.40. The second-order valence-electron chi connectivity index (χ2n) is 4.10. The van der Waals surface area contributed by atoms with E-state index in [0.717, 1.165) is 4.57 Å². The molecule has 0 atom stereocenters. The minimum absolute atomic E-state index is 0.0605. The van der Waals surface area contributed by atoms with Gasteiger partial charge in [0.1, 0.15) is 11.5 Å². The Morgan fingerprint density at radius 1 is 1.37 bits per heavy atom. The topological polar surface area (TPSA) is 70.0 Å². The molecule has 0 fully saturated rings. The minimum atomic E-state index is -0.622. The molecule has 0 bridgehead atoms. The van der Waals surface area contributed by atoms with Crippen LogP contribution in [0.2, 0.25) is 5.02 Å². The van der Waals surface area contributed by atoms with Gasteiger partial charge in [0.25, 0.3) is 5.56 Å². The summed E-state index contributed by atoms with van der Waals surface area (Å²) < 4.78 is 15.3. The van der Waals surface area contributed by atoms with E-state index in [-0.39, 0.29) is 17.3 Å². The van der Waals surface area contributed by atoms with E-state index in [0.29, 0.717) is 5.56 Å². The lowest BCUT2D eigenvalue weighted by Crippen LogP contribution is -2.40. The molecule has 7 heteroatoms. The van der Waals surface area contributed by atoms with E-state index in [4.69, 9.17) is 17.3 Å². The van der Waals surface area contributed by atoms with Crippen LogP contribution in [0.15, 0.2) is 34.0 Å². The summed E-state index contributed by atoms with van der Waals surface area (Å²) >= 11 is 5.91. The lowest BCUT2D eigenvalue weighted by molar-refractivity contribution is 0.614. The predicted octanol–water partition coefficient (Wildman–Crippen LogP) is 0.970. The summed E-state index contributed by atoms with van der Waals surface area (Å²) in [6.45, 7) is -0.132. The molecule has 0 aliphatic rings. The molecule has 0 amide bonds. The van der Waals surface area contributed by atoms with E-state index in [2.05, 4.69) is 0 Å². The van der Waals surface area contributed by atoms with Crippen LogP contribution in [-0.4, -0.2) is 9.13 Å². The first kappa shape index (κ1) is 13.4. The highest BCUT2D eigenvalue weighted by atomic mass is 35.5. The maximum Gasteiger partial charge on any atom is 0.331 e. The first-order valence-corrected chi connectivity index (χ1v) is 5.78. The van der Waals surface area contributed by atoms with E-state index >= 15 is 0 Å². The molecule has 1 heterocycles. The lowest BCUT2D eigenvalue weighted by atomic mass is 10.2. The van der Waals surface area contributed by atoms with Crippen LogP contribution in [0.3, 0.4) is 0 Å². The average molecular weight is 284 g/mol. The molecule has 5 nitrogen and oxygen atoms in total. The van der Waals surface area contributed by atoms with Crippen molar-refractivity contribution in [1.29, 1.82) is 0 Å². The monoisotopic (exact) mass is 283 g/mol. The van der Waals surface area contributed by atoms with Crippen LogP contribution in [0.4, 0.5) is 10.1 Å². The Morgan fingerprint density at radius 2 is 2.05 bits per heavy atom. The van der Waals surface area contributed by atoms with Crippen molar-refractivity contribution in [2.75, 3.05) is 5.73 Å². The number of hydrogen-bond acceptors (Lipinski definition) is 3. The molecule has 1 aromatic carbocycles. The smallest absolute Gasteiger partial charge is 0.331 e. The van der Waals surface area contributed by atoms with Gasteiger partial charge in [-0.25, -0.2) is 9.18 Å². The molecule has 1 aromatic heterocycles. The predicted molar refractivity (Wildman–Crippen MR) is 70.9 cm³/mol. The van der Waals surface area contributed by atoms with Crippen molar-refractivity contribution < 1.29 is 4.39 Å². The summed E-state index contributed by atoms with van der Waals surface area (Å²) in [5.74, 6) is -0.492. The van der Waals surface area contributed by atoms with E-state index in [1.54, 1.807) is 0 Å². The van der Waals surface area contributed by atoms with Gasteiger partial charge in [-0.05, 0) is 23.8 Å². The molecule has 0 aliphatic carbocycles. The van der Waals surface area contributed by atoms with Crippen molar-refractivity contribution in [1.82, 2.24) is 9.13 Å². The summed E-state index contributed by atoms with van der Waals surface area (Å²) in [5.41, 5.74) is 4.63. The third kappa shape index (κ3) is 2.53. The van der Waals surface area contributed by atoms with Gasteiger partial charge in [0, 0.05) is 18.3 Å². The minimum Gasteiger partial charge on any atom is -0.393 e. The summed E-state index contributed by atoms with van der Waals surface area (Å²) in [6.07, 6.45) is 1.24. The molecule has 2 rings (SSSR count). The fraction of sp³-hybridized carbons (Fsp3) is 0.167. The van der Waals surface area contributed by atoms with Crippen LogP contribution >= 0.6 is 11.6 Å². The van der Waals surface area contributed by atoms with E-state index in [1.807, 2.05) is 0 Å².